The first-order valence-corrected chi connectivity index (χ1v) is 11.7. The van der Waals surface area contributed by atoms with Gasteiger partial charge in [-0.05, 0) is 48.1 Å². The summed E-state index contributed by atoms with van der Waals surface area (Å²) in [5, 5.41) is 12.5. The van der Waals surface area contributed by atoms with Crippen molar-refractivity contribution in [2.24, 2.45) is 5.92 Å². The number of nitro benzene ring substituents is 1. The molecule has 32 heavy (non-hydrogen) atoms. The Hall–Kier alpha value is -2.86. The minimum Gasteiger partial charge on any atom is -0.356 e. The predicted octanol–water partition coefficient (Wildman–Crippen LogP) is 6.17. The van der Waals surface area contributed by atoms with Crippen molar-refractivity contribution in [2.75, 3.05) is 6.54 Å². The van der Waals surface area contributed by atoms with E-state index in [1.807, 2.05) is 23.1 Å². The Morgan fingerprint density at radius 1 is 1.19 bits per heavy atom. The normalized spacial score (nSPS) is 18.8. The van der Waals surface area contributed by atoms with Crippen molar-refractivity contribution >= 4 is 34.1 Å². The summed E-state index contributed by atoms with van der Waals surface area (Å²) in [4.78, 5) is 29.6. The predicted molar refractivity (Wildman–Crippen MR) is 125 cm³/mol. The van der Waals surface area contributed by atoms with Gasteiger partial charge >= 0.3 is 0 Å². The Kier molecular flexibility index (Phi) is 5.64. The van der Waals surface area contributed by atoms with Gasteiger partial charge < -0.3 is 9.88 Å². The number of fused-ring (bicyclic) bond motifs is 3. The van der Waals surface area contributed by atoms with Gasteiger partial charge in [-0.25, -0.2) is 0 Å². The summed E-state index contributed by atoms with van der Waals surface area (Å²) in [5.41, 5.74) is 3.90. The molecule has 2 heterocycles. The summed E-state index contributed by atoms with van der Waals surface area (Å²) >= 11 is 6.27. The Balaban J connectivity index is 1.53. The molecular weight excluding hydrogens is 426 g/mol. The van der Waals surface area contributed by atoms with Crippen molar-refractivity contribution in [1.29, 1.82) is 0 Å². The van der Waals surface area contributed by atoms with Crippen LogP contribution in [-0.4, -0.2) is 27.3 Å². The largest absolute Gasteiger partial charge is 0.356 e. The van der Waals surface area contributed by atoms with Crippen LogP contribution in [0.3, 0.4) is 0 Å². The van der Waals surface area contributed by atoms with Crippen LogP contribution in [0.2, 0.25) is 5.02 Å². The number of nitrogens with one attached hydrogen (secondary N) is 1. The molecule has 2 aliphatic rings. The van der Waals surface area contributed by atoms with E-state index in [0.29, 0.717) is 18.9 Å². The molecule has 1 amide bonds. The van der Waals surface area contributed by atoms with Crippen LogP contribution in [0.5, 0.6) is 0 Å². The van der Waals surface area contributed by atoms with Crippen LogP contribution in [0.1, 0.15) is 61.4 Å². The van der Waals surface area contributed by atoms with Crippen molar-refractivity contribution in [3.63, 3.8) is 0 Å². The first-order valence-electron chi connectivity index (χ1n) is 11.4. The monoisotopic (exact) mass is 451 g/mol. The summed E-state index contributed by atoms with van der Waals surface area (Å²) < 4.78 is 0. The van der Waals surface area contributed by atoms with Gasteiger partial charge in [0.05, 0.1) is 11.0 Å². The number of amides is 1. The minimum atomic E-state index is -0.480. The van der Waals surface area contributed by atoms with Crippen LogP contribution in [0.15, 0.2) is 42.5 Å². The van der Waals surface area contributed by atoms with Gasteiger partial charge in [0.25, 0.3) is 5.69 Å². The number of carbonyl (C=O) groups is 1. The molecule has 6 nitrogen and oxygen atoms in total. The third-order valence-electron chi connectivity index (χ3n) is 7.08. The molecule has 1 fully saturated rings. The lowest BCUT2D eigenvalue weighted by atomic mass is 9.91. The Bertz CT molecular complexity index is 1180. The fourth-order valence-electron chi connectivity index (χ4n) is 5.47. The number of halogens is 1. The zero-order chi connectivity index (χ0) is 22.2. The maximum absolute atomic E-state index is 13.4. The molecule has 1 atom stereocenters. The number of para-hydroxylation sites is 1. The van der Waals surface area contributed by atoms with Crippen LogP contribution in [0, 0.1) is 16.0 Å². The molecule has 7 heteroatoms. The minimum absolute atomic E-state index is 0.0917. The molecule has 1 aliphatic heterocycles. The molecule has 1 aromatic heterocycles. The second-order valence-corrected chi connectivity index (χ2v) is 9.37. The average molecular weight is 452 g/mol. The third-order valence-corrected chi connectivity index (χ3v) is 7.38. The van der Waals surface area contributed by atoms with Gasteiger partial charge in [-0.3, -0.25) is 14.9 Å². The third kappa shape index (κ3) is 3.77. The van der Waals surface area contributed by atoms with E-state index in [2.05, 4.69) is 11.1 Å². The number of rotatable bonds is 5. The van der Waals surface area contributed by atoms with Crippen LogP contribution in [-0.2, 0) is 11.2 Å². The van der Waals surface area contributed by atoms with Gasteiger partial charge in [-0.15, -0.1) is 0 Å². The molecule has 1 N–H and O–H groups in total. The van der Waals surface area contributed by atoms with E-state index >= 15 is 0 Å². The summed E-state index contributed by atoms with van der Waals surface area (Å²) in [5.74, 6) is 0.792. The molecule has 0 radical (unpaired) electrons. The summed E-state index contributed by atoms with van der Waals surface area (Å²) in [6.07, 6.45) is 7.24. The number of aromatic amines is 1. The van der Waals surface area contributed by atoms with Gasteiger partial charge in [0.2, 0.25) is 5.91 Å². The summed E-state index contributed by atoms with van der Waals surface area (Å²) in [6.45, 7) is 0.623. The molecule has 1 unspecified atom stereocenters. The van der Waals surface area contributed by atoms with Crippen LogP contribution < -0.4 is 0 Å². The number of hydrogen-bond acceptors (Lipinski definition) is 3. The van der Waals surface area contributed by atoms with E-state index in [-0.39, 0.29) is 22.7 Å². The first kappa shape index (κ1) is 21.0. The van der Waals surface area contributed by atoms with Crippen molar-refractivity contribution in [3.05, 3.63) is 74.4 Å². The summed E-state index contributed by atoms with van der Waals surface area (Å²) in [6, 6.07) is 12.6. The second kappa shape index (κ2) is 8.58. The number of H-pyrrole nitrogens is 1. The highest BCUT2D eigenvalue weighted by molar-refractivity contribution is 6.32. The van der Waals surface area contributed by atoms with Crippen molar-refractivity contribution in [1.82, 2.24) is 9.88 Å². The number of nitro groups is 1. The Morgan fingerprint density at radius 2 is 1.97 bits per heavy atom. The molecule has 5 rings (SSSR count). The molecule has 1 saturated carbocycles. The fraction of sp³-hybridized carbons (Fsp3) is 0.400. The SMILES string of the molecule is O=C(CCC1CCCC1)N1CCc2c([nH]c3ccccc23)C1c1ccc([N+](=O)[O-])c(Cl)c1. The number of benzene rings is 2. The molecule has 0 spiro atoms. The smallest absolute Gasteiger partial charge is 0.287 e. The first-order chi connectivity index (χ1) is 15.5. The zero-order valence-corrected chi connectivity index (χ0v) is 18.6. The highest BCUT2D eigenvalue weighted by Gasteiger charge is 2.35. The zero-order valence-electron chi connectivity index (χ0n) is 17.9. The van der Waals surface area contributed by atoms with Gasteiger partial charge in [0, 0.05) is 35.6 Å². The van der Waals surface area contributed by atoms with Gasteiger partial charge in [-0.2, -0.15) is 0 Å². The molecule has 3 aromatic rings. The number of nitrogens with zero attached hydrogens (tertiary/aromatic N) is 2. The van der Waals surface area contributed by atoms with Gasteiger partial charge in [0.1, 0.15) is 5.02 Å². The maximum atomic E-state index is 13.4. The van der Waals surface area contributed by atoms with Crippen molar-refractivity contribution < 1.29 is 9.72 Å². The molecule has 0 saturated heterocycles. The summed E-state index contributed by atoms with van der Waals surface area (Å²) in [7, 11) is 0. The van der Waals surface area contributed by atoms with E-state index in [0.717, 1.165) is 29.6 Å². The van der Waals surface area contributed by atoms with E-state index < -0.39 is 4.92 Å². The van der Waals surface area contributed by atoms with Crippen molar-refractivity contribution in [2.45, 2.75) is 51.0 Å². The lowest BCUT2D eigenvalue weighted by molar-refractivity contribution is -0.384. The van der Waals surface area contributed by atoms with Crippen LogP contribution in [0.25, 0.3) is 10.9 Å². The quantitative estimate of drug-likeness (QED) is 0.372. The second-order valence-electron chi connectivity index (χ2n) is 8.96. The van der Waals surface area contributed by atoms with E-state index in [1.165, 1.54) is 42.7 Å². The van der Waals surface area contributed by atoms with Gasteiger partial charge in [-0.1, -0.05) is 55.5 Å². The molecular formula is C25H26ClN3O3. The molecule has 1 aliphatic carbocycles. The number of hydrogen-bond donors (Lipinski definition) is 1. The average Bonchev–Trinajstić information content (AvgIpc) is 3.44. The highest BCUT2D eigenvalue weighted by atomic mass is 35.5. The van der Waals surface area contributed by atoms with Crippen LogP contribution in [0.4, 0.5) is 5.69 Å². The lowest BCUT2D eigenvalue weighted by Crippen LogP contribution is -2.40. The molecule has 166 valence electrons. The topological polar surface area (TPSA) is 79.2 Å². The number of carbonyl (C=O) groups excluding carboxylic acids is 1. The van der Waals surface area contributed by atoms with Crippen molar-refractivity contribution in [3.8, 4) is 0 Å². The van der Waals surface area contributed by atoms with E-state index in [1.54, 1.807) is 12.1 Å². The number of aromatic nitrogens is 1. The maximum Gasteiger partial charge on any atom is 0.287 e. The van der Waals surface area contributed by atoms with E-state index in [4.69, 9.17) is 11.6 Å². The van der Waals surface area contributed by atoms with Crippen LogP contribution >= 0.6 is 11.6 Å². The lowest BCUT2D eigenvalue weighted by Gasteiger charge is -2.36. The van der Waals surface area contributed by atoms with Gasteiger partial charge in [0.15, 0.2) is 0 Å². The highest BCUT2D eigenvalue weighted by Crippen LogP contribution is 2.41. The molecule has 0 bridgehead atoms. The van der Waals surface area contributed by atoms with E-state index in [9.17, 15) is 14.9 Å². The Labute approximate surface area is 191 Å². The molecule has 2 aromatic carbocycles. The standard InChI is InChI=1S/C25H26ClN3O3/c26-20-15-17(10-11-22(20)29(31)32)25-24-19(18-7-3-4-8-21(18)27-24)13-14-28(25)23(30)12-9-16-5-1-2-6-16/h3-4,7-8,10-11,15-16,25,27H,1-2,5-6,9,12-14H2. The fourth-order valence-corrected chi connectivity index (χ4v) is 5.73. The Morgan fingerprint density at radius 3 is 2.72 bits per heavy atom.